The molecule has 1 rings (SSSR count). The van der Waals surface area contributed by atoms with Crippen molar-refractivity contribution in [1.82, 2.24) is 0 Å². The van der Waals surface area contributed by atoms with Gasteiger partial charge < -0.3 is 0 Å². The molecule has 0 aliphatic rings. The Hall–Kier alpha value is -1.39. The minimum atomic E-state index is -4.15. The van der Waals surface area contributed by atoms with Crippen molar-refractivity contribution in [3.05, 3.63) is 35.9 Å². The van der Waals surface area contributed by atoms with E-state index in [9.17, 15) is 22.4 Å². The number of hydrogen-bond acceptors (Lipinski definition) is 1. The monoisotopic (exact) mass is 220 g/mol. The second kappa shape index (κ2) is 3.64. The zero-order chi connectivity index (χ0) is 11.7. The van der Waals surface area contributed by atoms with Crippen molar-refractivity contribution in [2.45, 2.75) is 18.8 Å². The second-order valence-corrected chi connectivity index (χ2v) is 3.16. The lowest BCUT2D eigenvalue weighted by Gasteiger charge is -2.18. The van der Waals surface area contributed by atoms with Gasteiger partial charge in [0.25, 0.3) is 5.78 Å². The number of ketones is 1. The summed E-state index contributed by atoms with van der Waals surface area (Å²) in [5, 5.41) is 0. The van der Waals surface area contributed by atoms with E-state index in [-0.39, 0.29) is 6.92 Å². The molecule has 1 aromatic carbocycles. The van der Waals surface area contributed by atoms with Crippen molar-refractivity contribution in [2.24, 2.45) is 0 Å². The summed E-state index contributed by atoms with van der Waals surface area (Å²) in [6.07, 6.45) is 0. The van der Waals surface area contributed by atoms with Crippen LogP contribution in [0.1, 0.15) is 12.5 Å². The van der Waals surface area contributed by atoms with Crippen molar-refractivity contribution < 1.29 is 22.4 Å². The van der Waals surface area contributed by atoms with Gasteiger partial charge in [-0.2, -0.15) is 17.6 Å². The number of carbonyl (C=O) groups is 1. The number of rotatable bonds is 3. The molecule has 0 amide bonds. The second-order valence-electron chi connectivity index (χ2n) is 3.16. The predicted molar refractivity (Wildman–Crippen MR) is 46.0 cm³/mol. The zero-order valence-electron chi connectivity index (χ0n) is 7.81. The Labute approximate surface area is 83.7 Å². The van der Waals surface area contributed by atoms with E-state index in [1.165, 1.54) is 18.2 Å². The zero-order valence-corrected chi connectivity index (χ0v) is 7.81. The van der Waals surface area contributed by atoms with E-state index < -0.39 is 23.2 Å². The topological polar surface area (TPSA) is 17.1 Å². The maximum Gasteiger partial charge on any atom is 0.336 e. The largest absolute Gasteiger partial charge is 0.336 e. The molecule has 0 fully saturated rings. The van der Waals surface area contributed by atoms with Crippen LogP contribution in [0.15, 0.2) is 30.3 Å². The van der Waals surface area contributed by atoms with Crippen LogP contribution in [0, 0.1) is 0 Å². The van der Waals surface area contributed by atoms with E-state index in [1.54, 1.807) is 0 Å². The Kier molecular flexibility index (Phi) is 2.83. The van der Waals surface area contributed by atoms with Gasteiger partial charge in [0.05, 0.1) is 0 Å². The predicted octanol–water partition coefficient (Wildman–Crippen LogP) is 3.00. The lowest BCUT2D eigenvalue weighted by molar-refractivity contribution is -0.168. The fourth-order valence-electron chi connectivity index (χ4n) is 1.05. The lowest BCUT2D eigenvalue weighted by Crippen LogP contribution is -2.38. The first-order chi connectivity index (χ1) is 6.76. The maximum absolute atomic E-state index is 13.2. The molecule has 0 radical (unpaired) electrons. The molecule has 0 saturated heterocycles. The molecule has 0 aliphatic heterocycles. The van der Waals surface area contributed by atoms with Crippen molar-refractivity contribution in [2.75, 3.05) is 0 Å². The molecule has 0 N–H and O–H groups in total. The molecule has 82 valence electrons. The van der Waals surface area contributed by atoms with Crippen LogP contribution < -0.4 is 0 Å². The van der Waals surface area contributed by atoms with Crippen LogP contribution in [-0.2, 0) is 10.7 Å². The fraction of sp³-hybridized carbons (Fsp3) is 0.300. The van der Waals surface area contributed by atoms with Crippen molar-refractivity contribution >= 4 is 5.78 Å². The molecule has 0 heterocycles. The Morgan fingerprint density at radius 3 is 1.93 bits per heavy atom. The van der Waals surface area contributed by atoms with Gasteiger partial charge in [0.2, 0.25) is 0 Å². The van der Waals surface area contributed by atoms with Crippen molar-refractivity contribution in [1.29, 1.82) is 0 Å². The highest BCUT2D eigenvalue weighted by Crippen LogP contribution is 2.34. The number of benzene rings is 1. The molecule has 0 bridgehead atoms. The minimum Gasteiger partial charge on any atom is -0.286 e. The first kappa shape index (κ1) is 11.7. The SMILES string of the molecule is CC(F)(F)C(=O)C(F)(F)c1ccccc1. The summed E-state index contributed by atoms with van der Waals surface area (Å²) in [7, 11) is 0. The quantitative estimate of drug-likeness (QED) is 0.715. The van der Waals surface area contributed by atoms with Gasteiger partial charge in [-0.25, -0.2) is 0 Å². The number of halogens is 4. The molecule has 0 spiro atoms. The van der Waals surface area contributed by atoms with Crippen molar-refractivity contribution in [3.63, 3.8) is 0 Å². The third kappa shape index (κ3) is 2.34. The summed E-state index contributed by atoms with van der Waals surface area (Å²) in [6.45, 7) is 0.159. The highest BCUT2D eigenvalue weighted by Gasteiger charge is 2.51. The van der Waals surface area contributed by atoms with Gasteiger partial charge in [0.1, 0.15) is 0 Å². The molecule has 0 saturated carbocycles. The molecule has 15 heavy (non-hydrogen) atoms. The Morgan fingerprint density at radius 1 is 1.07 bits per heavy atom. The third-order valence-corrected chi connectivity index (χ3v) is 1.82. The van der Waals surface area contributed by atoms with Crippen molar-refractivity contribution in [3.8, 4) is 0 Å². The van der Waals surface area contributed by atoms with Crippen LogP contribution in [0.3, 0.4) is 0 Å². The van der Waals surface area contributed by atoms with Crippen LogP contribution in [-0.4, -0.2) is 11.7 Å². The van der Waals surface area contributed by atoms with Gasteiger partial charge in [-0.05, 0) is 0 Å². The molecule has 1 aromatic rings. The summed E-state index contributed by atoms with van der Waals surface area (Å²) >= 11 is 0. The van der Waals surface area contributed by atoms with Gasteiger partial charge >= 0.3 is 11.8 Å². The van der Waals surface area contributed by atoms with Gasteiger partial charge in [0, 0.05) is 12.5 Å². The van der Waals surface area contributed by atoms with E-state index in [1.807, 2.05) is 0 Å². The molecule has 0 unspecified atom stereocenters. The molecule has 1 nitrogen and oxygen atoms in total. The summed E-state index contributed by atoms with van der Waals surface area (Å²) < 4.78 is 51.4. The summed E-state index contributed by atoms with van der Waals surface area (Å²) in [6, 6.07) is 5.83. The normalized spacial score (nSPS) is 12.6. The van der Waals surface area contributed by atoms with Crippen LogP contribution in [0.5, 0.6) is 0 Å². The van der Waals surface area contributed by atoms with Gasteiger partial charge in [0.15, 0.2) is 0 Å². The third-order valence-electron chi connectivity index (χ3n) is 1.82. The van der Waals surface area contributed by atoms with Gasteiger partial charge in [-0.15, -0.1) is 0 Å². The van der Waals surface area contributed by atoms with Gasteiger partial charge in [-0.1, -0.05) is 30.3 Å². The number of alkyl halides is 4. The number of hydrogen-bond donors (Lipinski definition) is 0. The van der Waals surface area contributed by atoms with Crippen LogP contribution >= 0.6 is 0 Å². The van der Waals surface area contributed by atoms with E-state index in [0.717, 1.165) is 12.1 Å². The summed E-state index contributed by atoms with van der Waals surface area (Å²) in [5.41, 5.74) is -0.725. The molecular formula is C10H8F4O. The van der Waals surface area contributed by atoms with Gasteiger partial charge in [-0.3, -0.25) is 4.79 Å². The molecule has 0 aromatic heterocycles. The minimum absolute atomic E-state index is 0.159. The van der Waals surface area contributed by atoms with E-state index >= 15 is 0 Å². The highest BCUT2D eigenvalue weighted by molar-refractivity contribution is 5.92. The number of carbonyl (C=O) groups excluding carboxylic acids is 1. The highest BCUT2D eigenvalue weighted by atomic mass is 19.3. The molecular weight excluding hydrogens is 212 g/mol. The molecule has 0 aliphatic carbocycles. The smallest absolute Gasteiger partial charge is 0.286 e. The maximum atomic E-state index is 13.2. The number of Topliss-reactive ketones (excluding diaryl/α,β-unsaturated/α-hetero) is 1. The summed E-state index contributed by atoms with van der Waals surface area (Å²) in [4.78, 5) is 10.8. The summed E-state index contributed by atoms with van der Waals surface area (Å²) in [5.74, 6) is -10.6. The first-order valence-electron chi connectivity index (χ1n) is 4.12. The van der Waals surface area contributed by atoms with E-state index in [4.69, 9.17) is 0 Å². The van der Waals surface area contributed by atoms with E-state index in [0.29, 0.717) is 0 Å². The Morgan fingerprint density at radius 2 is 1.53 bits per heavy atom. The lowest BCUT2D eigenvalue weighted by atomic mass is 10.0. The Balaban J connectivity index is 3.09. The van der Waals surface area contributed by atoms with E-state index in [2.05, 4.69) is 0 Å². The fourth-order valence-corrected chi connectivity index (χ4v) is 1.05. The average Bonchev–Trinajstić information content (AvgIpc) is 2.16. The first-order valence-corrected chi connectivity index (χ1v) is 4.12. The Bertz CT molecular complexity index is 353. The molecule has 5 heteroatoms. The van der Waals surface area contributed by atoms with Crippen LogP contribution in [0.4, 0.5) is 17.6 Å². The standard InChI is InChI=1S/C10H8F4O/c1-9(11,12)8(15)10(13,14)7-5-3-2-4-6-7/h2-6H,1H3. The van der Waals surface area contributed by atoms with Crippen LogP contribution in [0.25, 0.3) is 0 Å². The molecule has 0 atom stereocenters. The average molecular weight is 220 g/mol. The van der Waals surface area contributed by atoms with Crippen LogP contribution in [0.2, 0.25) is 0 Å².